The van der Waals surface area contributed by atoms with Crippen LogP contribution in [0.4, 0.5) is 4.39 Å². The first-order valence-corrected chi connectivity index (χ1v) is 7.03. The second-order valence-electron chi connectivity index (χ2n) is 3.97. The van der Waals surface area contributed by atoms with E-state index in [1.54, 1.807) is 12.1 Å². The summed E-state index contributed by atoms with van der Waals surface area (Å²) < 4.78 is 12.7. The van der Waals surface area contributed by atoms with Gasteiger partial charge in [0.2, 0.25) is 5.91 Å². The Kier molecular flexibility index (Phi) is 6.75. The lowest BCUT2D eigenvalue weighted by molar-refractivity contribution is -0.119. The van der Waals surface area contributed by atoms with E-state index in [1.807, 2.05) is 6.92 Å². The number of rotatable bonds is 7. The minimum Gasteiger partial charge on any atom is -0.394 e. The van der Waals surface area contributed by atoms with Gasteiger partial charge < -0.3 is 10.4 Å². The van der Waals surface area contributed by atoms with Crippen LogP contribution in [0.1, 0.15) is 18.9 Å². The molecule has 0 unspecified atom stereocenters. The molecule has 1 atom stereocenters. The number of hydrogen-bond acceptors (Lipinski definition) is 3. The summed E-state index contributed by atoms with van der Waals surface area (Å²) in [6.45, 7) is 1.87. The van der Waals surface area contributed by atoms with Crippen LogP contribution in [0.2, 0.25) is 0 Å². The lowest BCUT2D eigenvalue weighted by Crippen LogP contribution is -2.37. The first kappa shape index (κ1) is 15.0. The molecule has 0 aromatic heterocycles. The van der Waals surface area contributed by atoms with E-state index < -0.39 is 0 Å². The Morgan fingerprint density at radius 2 is 2.11 bits per heavy atom. The van der Waals surface area contributed by atoms with Gasteiger partial charge in [0, 0.05) is 5.75 Å². The molecule has 3 nitrogen and oxygen atoms in total. The normalized spacial score (nSPS) is 12.2. The summed E-state index contributed by atoms with van der Waals surface area (Å²) >= 11 is 1.47. The highest BCUT2D eigenvalue weighted by atomic mass is 32.2. The van der Waals surface area contributed by atoms with Gasteiger partial charge in [-0.25, -0.2) is 4.39 Å². The molecule has 100 valence electrons. The van der Waals surface area contributed by atoms with Crippen LogP contribution in [-0.4, -0.2) is 29.4 Å². The SMILES string of the molecule is CC[C@H](CO)NC(=O)CSCc1ccc(F)cc1. The molecular weight excluding hydrogens is 253 g/mol. The van der Waals surface area contributed by atoms with Crippen LogP contribution in [0, 0.1) is 5.82 Å². The summed E-state index contributed by atoms with van der Waals surface area (Å²) in [4.78, 5) is 11.5. The topological polar surface area (TPSA) is 49.3 Å². The van der Waals surface area contributed by atoms with Crippen LogP contribution in [0.15, 0.2) is 24.3 Å². The van der Waals surface area contributed by atoms with E-state index >= 15 is 0 Å². The van der Waals surface area contributed by atoms with Crippen molar-refractivity contribution in [1.82, 2.24) is 5.32 Å². The highest BCUT2D eigenvalue weighted by Crippen LogP contribution is 2.12. The van der Waals surface area contributed by atoms with Gasteiger partial charge >= 0.3 is 0 Å². The Bertz CT molecular complexity index is 366. The average Bonchev–Trinajstić information content (AvgIpc) is 2.38. The van der Waals surface area contributed by atoms with Gasteiger partial charge in [0.1, 0.15) is 5.82 Å². The smallest absolute Gasteiger partial charge is 0.230 e. The van der Waals surface area contributed by atoms with Crippen molar-refractivity contribution in [1.29, 1.82) is 0 Å². The van der Waals surface area contributed by atoms with Crippen LogP contribution < -0.4 is 5.32 Å². The number of thioether (sulfide) groups is 1. The van der Waals surface area contributed by atoms with Crippen LogP contribution in [0.25, 0.3) is 0 Å². The minimum absolute atomic E-state index is 0.0368. The van der Waals surface area contributed by atoms with Crippen LogP contribution in [0.3, 0.4) is 0 Å². The van der Waals surface area contributed by atoms with Crippen molar-refractivity contribution < 1.29 is 14.3 Å². The predicted octanol–water partition coefficient (Wildman–Crippen LogP) is 1.95. The number of hydrogen-bond donors (Lipinski definition) is 2. The van der Waals surface area contributed by atoms with Crippen molar-refractivity contribution >= 4 is 17.7 Å². The summed E-state index contributed by atoms with van der Waals surface area (Å²) in [5.41, 5.74) is 0.989. The van der Waals surface area contributed by atoms with Crippen LogP contribution >= 0.6 is 11.8 Å². The molecule has 5 heteroatoms. The van der Waals surface area contributed by atoms with Crippen molar-refractivity contribution in [2.24, 2.45) is 0 Å². The fourth-order valence-electron chi connectivity index (χ4n) is 1.39. The Labute approximate surface area is 111 Å². The molecule has 0 bridgehead atoms. The van der Waals surface area contributed by atoms with Gasteiger partial charge in [-0.3, -0.25) is 4.79 Å². The highest BCUT2D eigenvalue weighted by molar-refractivity contribution is 7.99. The Balaban J connectivity index is 2.25. The van der Waals surface area contributed by atoms with Crippen LogP contribution in [-0.2, 0) is 10.5 Å². The molecule has 1 aromatic carbocycles. The van der Waals surface area contributed by atoms with Gasteiger partial charge in [-0.05, 0) is 24.1 Å². The lowest BCUT2D eigenvalue weighted by atomic mass is 10.2. The second-order valence-corrected chi connectivity index (χ2v) is 4.96. The molecule has 1 amide bonds. The number of aliphatic hydroxyl groups is 1. The number of benzene rings is 1. The van der Waals surface area contributed by atoms with Gasteiger partial charge in [-0.1, -0.05) is 19.1 Å². The number of aliphatic hydroxyl groups excluding tert-OH is 1. The Morgan fingerprint density at radius 3 is 2.67 bits per heavy atom. The fourth-order valence-corrected chi connectivity index (χ4v) is 2.19. The van der Waals surface area contributed by atoms with Crippen molar-refractivity contribution in [2.45, 2.75) is 25.1 Å². The summed E-state index contributed by atoms with van der Waals surface area (Å²) in [6, 6.07) is 6.08. The second kappa shape index (κ2) is 8.11. The number of halogens is 1. The average molecular weight is 271 g/mol. The zero-order chi connectivity index (χ0) is 13.4. The first-order chi connectivity index (χ1) is 8.65. The highest BCUT2D eigenvalue weighted by Gasteiger charge is 2.08. The van der Waals surface area contributed by atoms with Gasteiger partial charge in [-0.15, -0.1) is 11.8 Å². The first-order valence-electron chi connectivity index (χ1n) is 5.88. The molecule has 0 saturated carbocycles. The molecule has 1 rings (SSSR count). The van der Waals surface area contributed by atoms with Gasteiger partial charge in [-0.2, -0.15) is 0 Å². The molecule has 0 saturated heterocycles. The van der Waals surface area contributed by atoms with E-state index in [-0.39, 0.29) is 24.4 Å². The standard InChI is InChI=1S/C13H18FNO2S/c1-2-12(7-16)15-13(17)9-18-8-10-3-5-11(14)6-4-10/h3-6,12,16H,2,7-9H2,1H3,(H,15,17)/t12-/m1/s1. The lowest BCUT2D eigenvalue weighted by Gasteiger charge is -2.13. The maximum atomic E-state index is 12.7. The fraction of sp³-hybridized carbons (Fsp3) is 0.462. The van der Waals surface area contributed by atoms with Crippen molar-refractivity contribution in [3.63, 3.8) is 0 Å². The van der Waals surface area contributed by atoms with E-state index in [0.717, 1.165) is 5.56 Å². The van der Waals surface area contributed by atoms with Crippen molar-refractivity contribution in [3.8, 4) is 0 Å². The number of carbonyl (C=O) groups excluding carboxylic acids is 1. The van der Waals surface area contributed by atoms with Gasteiger partial charge in [0.15, 0.2) is 0 Å². The summed E-state index contributed by atoms with van der Waals surface area (Å²) in [7, 11) is 0. The Hall–Kier alpha value is -1.07. The van der Waals surface area contributed by atoms with Gasteiger partial charge in [0.25, 0.3) is 0 Å². The summed E-state index contributed by atoms with van der Waals surface area (Å²) in [6.07, 6.45) is 0.713. The molecule has 0 aliphatic heterocycles. The maximum absolute atomic E-state index is 12.7. The molecule has 0 fully saturated rings. The van der Waals surface area contributed by atoms with E-state index in [2.05, 4.69) is 5.32 Å². The molecule has 2 N–H and O–H groups in total. The van der Waals surface area contributed by atoms with E-state index in [4.69, 9.17) is 5.11 Å². The molecule has 0 spiro atoms. The molecule has 0 aliphatic carbocycles. The predicted molar refractivity (Wildman–Crippen MR) is 71.9 cm³/mol. The summed E-state index contributed by atoms with van der Waals surface area (Å²) in [5, 5.41) is 11.7. The number of carbonyl (C=O) groups is 1. The van der Waals surface area contributed by atoms with E-state index in [9.17, 15) is 9.18 Å². The monoisotopic (exact) mass is 271 g/mol. The van der Waals surface area contributed by atoms with Crippen LogP contribution in [0.5, 0.6) is 0 Å². The van der Waals surface area contributed by atoms with Crippen molar-refractivity contribution in [2.75, 3.05) is 12.4 Å². The molecule has 0 heterocycles. The third-order valence-corrected chi connectivity index (χ3v) is 3.50. The molecule has 1 aromatic rings. The van der Waals surface area contributed by atoms with E-state index in [0.29, 0.717) is 17.9 Å². The number of nitrogens with one attached hydrogen (secondary N) is 1. The quantitative estimate of drug-likeness (QED) is 0.797. The van der Waals surface area contributed by atoms with Gasteiger partial charge in [0.05, 0.1) is 18.4 Å². The minimum atomic E-state index is -0.254. The zero-order valence-corrected chi connectivity index (χ0v) is 11.2. The third-order valence-electron chi connectivity index (χ3n) is 2.49. The molecule has 0 aliphatic rings. The maximum Gasteiger partial charge on any atom is 0.230 e. The Morgan fingerprint density at radius 1 is 1.44 bits per heavy atom. The molecule has 18 heavy (non-hydrogen) atoms. The zero-order valence-electron chi connectivity index (χ0n) is 10.4. The molecule has 0 radical (unpaired) electrons. The van der Waals surface area contributed by atoms with E-state index in [1.165, 1.54) is 23.9 Å². The third kappa shape index (κ3) is 5.51. The summed E-state index contributed by atoms with van der Waals surface area (Å²) in [5.74, 6) is 0.676. The molecular formula is C13H18FNO2S. The largest absolute Gasteiger partial charge is 0.394 e. The number of amides is 1. The van der Waals surface area contributed by atoms with Crippen molar-refractivity contribution in [3.05, 3.63) is 35.6 Å².